The van der Waals surface area contributed by atoms with Crippen LogP contribution in [0.4, 0.5) is 0 Å². The van der Waals surface area contributed by atoms with E-state index in [-0.39, 0.29) is 0 Å². The lowest BCUT2D eigenvalue weighted by Gasteiger charge is -2.20. The summed E-state index contributed by atoms with van der Waals surface area (Å²) < 4.78 is 5.59. The Kier molecular flexibility index (Phi) is 4.01. The van der Waals surface area contributed by atoms with E-state index in [1.807, 2.05) is 12.3 Å². The van der Waals surface area contributed by atoms with Crippen molar-refractivity contribution in [3.05, 3.63) is 24.3 Å². The van der Waals surface area contributed by atoms with Crippen LogP contribution in [-0.2, 0) is 4.74 Å². The minimum absolute atomic E-state index is 0.588. The van der Waals surface area contributed by atoms with E-state index in [1.54, 1.807) is 12.5 Å². The van der Waals surface area contributed by atoms with E-state index in [1.165, 1.54) is 44.9 Å². The molecule has 0 aromatic rings. The van der Waals surface area contributed by atoms with Gasteiger partial charge in [-0.2, -0.15) is 0 Å². The molecule has 2 nitrogen and oxygen atoms in total. The fraction of sp³-hybridized carbons (Fsp3) is 0.615. The molecule has 0 bridgehead atoms. The van der Waals surface area contributed by atoms with Gasteiger partial charge in [-0.3, -0.25) is 4.99 Å². The van der Waals surface area contributed by atoms with Gasteiger partial charge >= 0.3 is 0 Å². The maximum Gasteiger partial charge on any atom is 0.124 e. The van der Waals surface area contributed by atoms with Gasteiger partial charge in [0.2, 0.25) is 0 Å². The first-order valence-corrected chi connectivity index (χ1v) is 6.02. The highest BCUT2D eigenvalue weighted by atomic mass is 16.5. The summed E-state index contributed by atoms with van der Waals surface area (Å²) in [4.78, 5) is 4.18. The second-order valence-electron chi connectivity index (χ2n) is 4.32. The molecule has 1 fully saturated rings. The van der Waals surface area contributed by atoms with Crippen LogP contribution in [0.25, 0.3) is 0 Å². The number of aliphatic imine (C=N–C) groups is 1. The minimum Gasteiger partial charge on any atom is -0.467 e. The van der Waals surface area contributed by atoms with E-state index in [9.17, 15) is 0 Å². The van der Waals surface area contributed by atoms with Crippen LogP contribution in [0.1, 0.15) is 44.9 Å². The van der Waals surface area contributed by atoms with E-state index in [0.29, 0.717) is 5.92 Å². The Balaban J connectivity index is 1.97. The van der Waals surface area contributed by atoms with Gasteiger partial charge in [-0.15, -0.1) is 0 Å². The lowest BCUT2D eigenvalue weighted by molar-refractivity contribution is 0.258. The third kappa shape index (κ3) is 3.22. The van der Waals surface area contributed by atoms with E-state index >= 15 is 0 Å². The van der Waals surface area contributed by atoms with E-state index < -0.39 is 0 Å². The summed E-state index contributed by atoms with van der Waals surface area (Å²) >= 11 is 0. The van der Waals surface area contributed by atoms with Gasteiger partial charge in [-0.1, -0.05) is 32.1 Å². The first-order chi connectivity index (χ1) is 7.47. The Hall–Kier alpha value is -1.05. The molecule has 0 aromatic carbocycles. The number of ether oxygens (including phenoxy) is 1. The van der Waals surface area contributed by atoms with Gasteiger partial charge in [0.05, 0.1) is 12.5 Å². The quantitative estimate of drug-likeness (QED) is 0.638. The Morgan fingerprint density at radius 2 is 1.80 bits per heavy atom. The van der Waals surface area contributed by atoms with E-state index in [0.717, 1.165) is 5.76 Å². The topological polar surface area (TPSA) is 21.6 Å². The van der Waals surface area contributed by atoms with E-state index in [2.05, 4.69) is 4.99 Å². The number of nitrogens with zero attached hydrogens (tertiary/aromatic N) is 1. The molecule has 82 valence electrons. The van der Waals surface area contributed by atoms with Gasteiger partial charge in [0.15, 0.2) is 0 Å². The third-order valence-electron chi connectivity index (χ3n) is 3.16. The van der Waals surface area contributed by atoms with Crippen LogP contribution in [0.3, 0.4) is 0 Å². The van der Waals surface area contributed by atoms with Gasteiger partial charge in [0.25, 0.3) is 0 Å². The fourth-order valence-electron chi connectivity index (χ4n) is 2.29. The molecule has 0 radical (unpaired) electrons. The van der Waals surface area contributed by atoms with Crippen molar-refractivity contribution >= 4 is 6.21 Å². The summed E-state index contributed by atoms with van der Waals surface area (Å²) in [5, 5.41) is 0. The highest BCUT2D eigenvalue weighted by Gasteiger charge is 2.17. The Morgan fingerprint density at radius 3 is 2.60 bits per heavy atom. The molecule has 1 heterocycles. The summed E-state index contributed by atoms with van der Waals surface area (Å²) in [5.74, 6) is 1.65. The normalized spacial score (nSPS) is 23.6. The minimum atomic E-state index is 0.588. The zero-order valence-electron chi connectivity index (χ0n) is 9.19. The molecule has 2 aliphatic rings. The lowest BCUT2D eigenvalue weighted by Crippen LogP contribution is -2.08. The highest BCUT2D eigenvalue weighted by molar-refractivity contribution is 5.71. The average molecular weight is 205 g/mol. The molecule has 0 unspecified atom stereocenters. The molecule has 1 aliphatic heterocycles. The van der Waals surface area contributed by atoms with Crippen LogP contribution in [0.2, 0.25) is 0 Å². The van der Waals surface area contributed by atoms with Crippen molar-refractivity contribution in [1.29, 1.82) is 0 Å². The van der Waals surface area contributed by atoms with Crippen LogP contribution >= 0.6 is 0 Å². The summed E-state index contributed by atoms with van der Waals surface area (Å²) in [7, 11) is 0. The fourth-order valence-corrected chi connectivity index (χ4v) is 2.29. The third-order valence-corrected chi connectivity index (χ3v) is 3.16. The molecule has 0 saturated heterocycles. The van der Waals surface area contributed by atoms with Crippen molar-refractivity contribution in [2.45, 2.75) is 44.9 Å². The van der Waals surface area contributed by atoms with Crippen LogP contribution in [0, 0.1) is 5.92 Å². The van der Waals surface area contributed by atoms with Crippen LogP contribution in [-0.4, -0.2) is 6.21 Å². The first kappa shape index (κ1) is 10.5. The zero-order valence-corrected chi connectivity index (χ0v) is 9.19. The number of hydrogen-bond acceptors (Lipinski definition) is 2. The second kappa shape index (κ2) is 5.74. The van der Waals surface area contributed by atoms with Crippen molar-refractivity contribution in [3.8, 4) is 0 Å². The van der Waals surface area contributed by atoms with Crippen molar-refractivity contribution in [2.75, 3.05) is 0 Å². The molecule has 0 atom stereocenters. The zero-order chi connectivity index (χ0) is 10.3. The molecule has 1 saturated carbocycles. The molecule has 1 aliphatic carbocycles. The average Bonchev–Trinajstić information content (AvgIpc) is 2.45. The van der Waals surface area contributed by atoms with Gasteiger partial charge in [-0.05, 0) is 18.9 Å². The Bertz CT molecular complexity index is 270. The molecule has 0 amide bonds. The maximum atomic E-state index is 5.59. The molecule has 0 aromatic heterocycles. The van der Waals surface area contributed by atoms with Crippen molar-refractivity contribution in [1.82, 2.24) is 0 Å². The molecule has 2 rings (SSSR count). The first-order valence-electron chi connectivity index (χ1n) is 6.02. The Morgan fingerprint density at radius 1 is 1.07 bits per heavy atom. The maximum absolute atomic E-state index is 5.59. The van der Waals surface area contributed by atoms with Crippen molar-refractivity contribution < 1.29 is 4.74 Å². The molecule has 2 heteroatoms. The predicted octanol–water partition coefficient (Wildman–Crippen LogP) is 3.80. The van der Waals surface area contributed by atoms with Crippen molar-refractivity contribution in [3.63, 3.8) is 0 Å². The van der Waals surface area contributed by atoms with E-state index in [4.69, 9.17) is 4.74 Å². The van der Waals surface area contributed by atoms with Crippen LogP contribution < -0.4 is 0 Å². The number of rotatable bonds is 1. The highest BCUT2D eigenvalue weighted by Crippen LogP contribution is 2.29. The lowest BCUT2D eigenvalue weighted by atomic mass is 9.90. The predicted molar refractivity (Wildman–Crippen MR) is 62.6 cm³/mol. The summed E-state index contributed by atoms with van der Waals surface area (Å²) in [5.41, 5.74) is 0. The SMILES string of the molecule is C1=COC(C2CCCCCCC2)=CN=C1. The van der Waals surface area contributed by atoms with Gasteiger partial charge in [-0.25, -0.2) is 0 Å². The smallest absolute Gasteiger partial charge is 0.124 e. The summed E-state index contributed by atoms with van der Waals surface area (Å²) in [6.07, 6.45) is 16.6. The molecular formula is C13H19NO. The molecule has 15 heavy (non-hydrogen) atoms. The molecule has 0 N–H and O–H groups in total. The molecular weight excluding hydrogens is 186 g/mol. The Labute approximate surface area is 91.7 Å². The number of hydrogen-bond donors (Lipinski definition) is 0. The standard InChI is InChI=1S/C13H19NO/c1-2-4-7-12(8-5-3-1)13-11-14-9-6-10-15-13/h6,9-12H,1-5,7-8H2. The number of allylic oxidation sites excluding steroid dienone is 2. The van der Waals surface area contributed by atoms with Crippen LogP contribution in [0.15, 0.2) is 29.3 Å². The van der Waals surface area contributed by atoms with Crippen LogP contribution in [0.5, 0.6) is 0 Å². The van der Waals surface area contributed by atoms with Gasteiger partial charge < -0.3 is 4.74 Å². The summed E-state index contributed by atoms with van der Waals surface area (Å²) in [6.45, 7) is 0. The largest absolute Gasteiger partial charge is 0.467 e. The monoisotopic (exact) mass is 205 g/mol. The molecule has 0 spiro atoms. The van der Waals surface area contributed by atoms with Crippen molar-refractivity contribution in [2.24, 2.45) is 10.9 Å². The van der Waals surface area contributed by atoms with Gasteiger partial charge in [0.1, 0.15) is 5.76 Å². The van der Waals surface area contributed by atoms with Gasteiger partial charge in [0, 0.05) is 12.1 Å². The second-order valence-corrected chi connectivity index (χ2v) is 4.32. The summed E-state index contributed by atoms with van der Waals surface area (Å²) in [6, 6.07) is 0.